The van der Waals surface area contributed by atoms with Crippen molar-refractivity contribution < 1.29 is 9.53 Å². The average Bonchev–Trinajstić information content (AvgIpc) is 3.03. The second-order valence-corrected chi connectivity index (χ2v) is 8.16. The molecule has 3 rings (SSSR count). The van der Waals surface area contributed by atoms with E-state index in [0.29, 0.717) is 6.54 Å². The minimum Gasteiger partial charge on any atom is -0.443 e. The number of hydrogen-bond acceptors (Lipinski definition) is 3. The van der Waals surface area contributed by atoms with E-state index in [1.165, 1.54) is 12.0 Å². The van der Waals surface area contributed by atoms with Crippen LogP contribution in [0, 0.1) is 0 Å². The van der Waals surface area contributed by atoms with Gasteiger partial charge in [-0.25, -0.2) is 4.79 Å². The summed E-state index contributed by atoms with van der Waals surface area (Å²) in [5.74, 6) is 0. The smallest absolute Gasteiger partial charge is 0.414 e. The molecule has 0 bridgehead atoms. The Labute approximate surface area is 138 Å². The van der Waals surface area contributed by atoms with Gasteiger partial charge in [-0.1, -0.05) is 19.9 Å². The van der Waals surface area contributed by atoms with Crippen LogP contribution in [0.2, 0.25) is 0 Å². The van der Waals surface area contributed by atoms with Crippen molar-refractivity contribution in [2.75, 3.05) is 11.4 Å². The zero-order chi connectivity index (χ0) is 16.8. The molecule has 0 atom stereocenters. The number of carbonyl (C=O) groups is 1. The SMILES string of the molecule is CC(C)(C)OC(=O)N1CC(C)(C)c2cnc(C3=CCCC3)cc21. The molecule has 1 aliphatic heterocycles. The Bertz CT molecular complexity index is 668. The minimum absolute atomic E-state index is 0.109. The maximum absolute atomic E-state index is 12.6. The summed E-state index contributed by atoms with van der Waals surface area (Å²) in [5, 5.41) is 0. The van der Waals surface area contributed by atoms with Gasteiger partial charge in [0.25, 0.3) is 0 Å². The highest BCUT2D eigenvalue weighted by Crippen LogP contribution is 2.42. The van der Waals surface area contributed by atoms with Gasteiger partial charge in [0.1, 0.15) is 5.60 Å². The van der Waals surface area contributed by atoms with E-state index >= 15 is 0 Å². The molecule has 23 heavy (non-hydrogen) atoms. The van der Waals surface area contributed by atoms with Gasteiger partial charge in [-0.2, -0.15) is 0 Å². The summed E-state index contributed by atoms with van der Waals surface area (Å²) in [6, 6.07) is 2.06. The molecular formula is C19H26N2O2. The van der Waals surface area contributed by atoms with Gasteiger partial charge >= 0.3 is 6.09 Å². The van der Waals surface area contributed by atoms with Gasteiger partial charge < -0.3 is 4.74 Å². The third kappa shape index (κ3) is 3.12. The predicted octanol–water partition coefficient (Wildman–Crippen LogP) is 4.68. The lowest BCUT2D eigenvalue weighted by atomic mass is 9.88. The summed E-state index contributed by atoms with van der Waals surface area (Å²) in [4.78, 5) is 19.0. The van der Waals surface area contributed by atoms with Gasteiger partial charge in [-0.05, 0) is 51.7 Å². The maximum Gasteiger partial charge on any atom is 0.414 e. The van der Waals surface area contributed by atoms with Gasteiger partial charge in [0.2, 0.25) is 0 Å². The summed E-state index contributed by atoms with van der Waals surface area (Å²) in [6.45, 7) is 10.6. The molecule has 124 valence electrons. The normalized spacial score (nSPS) is 19.5. The Kier molecular flexibility index (Phi) is 3.74. The topological polar surface area (TPSA) is 42.4 Å². The van der Waals surface area contributed by atoms with Crippen molar-refractivity contribution in [1.29, 1.82) is 0 Å². The Morgan fingerprint density at radius 3 is 2.70 bits per heavy atom. The molecular weight excluding hydrogens is 288 g/mol. The Morgan fingerprint density at radius 1 is 1.35 bits per heavy atom. The Balaban J connectivity index is 1.97. The average molecular weight is 314 g/mol. The number of amides is 1. The number of nitrogens with zero attached hydrogens (tertiary/aromatic N) is 2. The van der Waals surface area contributed by atoms with Gasteiger partial charge in [0.15, 0.2) is 0 Å². The molecule has 0 spiro atoms. The van der Waals surface area contributed by atoms with Crippen molar-refractivity contribution in [3.8, 4) is 0 Å². The van der Waals surface area contributed by atoms with Gasteiger partial charge in [0.05, 0.1) is 11.4 Å². The summed E-state index contributed by atoms with van der Waals surface area (Å²) in [6.07, 6.45) is 7.30. The standard InChI is InChI=1S/C19H26N2O2/c1-18(2,3)23-17(22)21-12-19(4,5)14-11-20-15(10-16(14)21)13-8-6-7-9-13/h8,10-11H,6-7,9,12H2,1-5H3. The van der Waals surface area contributed by atoms with E-state index in [4.69, 9.17) is 4.74 Å². The fourth-order valence-electron chi connectivity index (χ4n) is 3.31. The Morgan fingerprint density at radius 2 is 2.09 bits per heavy atom. The second-order valence-electron chi connectivity index (χ2n) is 8.16. The van der Waals surface area contributed by atoms with Crippen molar-refractivity contribution in [3.63, 3.8) is 0 Å². The first-order valence-corrected chi connectivity index (χ1v) is 8.38. The van der Waals surface area contributed by atoms with Crippen molar-refractivity contribution >= 4 is 17.4 Å². The van der Waals surface area contributed by atoms with Crippen molar-refractivity contribution in [2.24, 2.45) is 0 Å². The van der Waals surface area contributed by atoms with E-state index < -0.39 is 5.60 Å². The molecule has 2 heterocycles. The van der Waals surface area contributed by atoms with E-state index in [0.717, 1.165) is 29.8 Å². The number of hydrogen-bond donors (Lipinski definition) is 0. The summed E-state index contributed by atoms with van der Waals surface area (Å²) < 4.78 is 5.59. The van der Waals surface area contributed by atoms with Gasteiger partial charge in [0, 0.05) is 23.7 Å². The molecule has 1 aromatic heterocycles. The largest absolute Gasteiger partial charge is 0.443 e. The van der Waals surface area contributed by atoms with Crippen LogP contribution in [-0.4, -0.2) is 23.2 Å². The number of fused-ring (bicyclic) bond motifs is 1. The lowest BCUT2D eigenvalue weighted by Crippen LogP contribution is -2.38. The van der Waals surface area contributed by atoms with Crippen LogP contribution in [0.1, 0.15) is 65.1 Å². The zero-order valence-corrected chi connectivity index (χ0v) is 14.8. The van der Waals surface area contributed by atoms with Crippen molar-refractivity contribution in [2.45, 2.75) is 64.9 Å². The van der Waals surface area contributed by atoms with E-state index in [1.54, 1.807) is 4.90 Å². The van der Waals surface area contributed by atoms with E-state index in [-0.39, 0.29) is 11.5 Å². The molecule has 2 aliphatic rings. The number of aromatic nitrogens is 1. The highest BCUT2D eigenvalue weighted by molar-refractivity contribution is 5.92. The van der Waals surface area contributed by atoms with Crippen LogP contribution in [0.15, 0.2) is 18.3 Å². The molecule has 1 aliphatic carbocycles. The predicted molar refractivity (Wildman–Crippen MR) is 92.7 cm³/mol. The van der Waals surface area contributed by atoms with Crippen LogP contribution in [0.4, 0.5) is 10.5 Å². The number of allylic oxidation sites excluding steroid dienone is 2. The molecule has 0 saturated carbocycles. The first-order chi connectivity index (χ1) is 10.7. The first-order valence-electron chi connectivity index (χ1n) is 8.38. The molecule has 0 aromatic carbocycles. The van der Waals surface area contributed by atoms with Gasteiger partial charge in [-0.3, -0.25) is 9.88 Å². The highest BCUT2D eigenvalue weighted by Gasteiger charge is 2.40. The lowest BCUT2D eigenvalue weighted by molar-refractivity contribution is 0.0579. The molecule has 1 amide bonds. The molecule has 0 N–H and O–H groups in total. The second kappa shape index (κ2) is 5.36. The third-order valence-corrected chi connectivity index (χ3v) is 4.44. The van der Waals surface area contributed by atoms with Crippen molar-refractivity contribution in [1.82, 2.24) is 4.98 Å². The minimum atomic E-state index is -0.492. The summed E-state index contributed by atoms with van der Waals surface area (Å²) in [7, 11) is 0. The number of rotatable bonds is 1. The van der Waals surface area contributed by atoms with Crippen LogP contribution in [0.25, 0.3) is 5.57 Å². The van der Waals surface area contributed by atoms with Crippen LogP contribution in [0.5, 0.6) is 0 Å². The number of ether oxygens (including phenoxy) is 1. The lowest BCUT2D eigenvalue weighted by Gasteiger charge is -2.26. The van der Waals surface area contributed by atoms with Crippen LogP contribution in [-0.2, 0) is 10.2 Å². The summed E-state index contributed by atoms with van der Waals surface area (Å²) >= 11 is 0. The van der Waals surface area contributed by atoms with Crippen LogP contribution in [0.3, 0.4) is 0 Å². The Hall–Kier alpha value is -1.84. The molecule has 0 unspecified atom stereocenters. The highest BCUT2D eigenvalue weighted by atomic mass is 16.6. The maximum atomic E-state index is 12.6. The summed E-state index contributed by atoms with van der Waals surface area (Å²) in [5.41, 5.74) is 3.75. The number of anilines is 1. The fourth-order valence-corrected chi connectivity index (χ4v) is 3.31. The number of carbonyl (C=O) groups excluding carboxylic acids is 1. The monoisotopic (exact) mass is 314 g/mol. The zero-order valence-electron chi connectivity index (χ0n) is 14.8. The molecule has 4 heteroatoms. The molecule has 4 nitrogen and oxygen atoms in total. The molecule has 0 fully saturated rings. The molecule has 0 radical (unpaired) electrons. The number of pyridine rings is 1. The van der Waals surface area contributed by atoms with Crippen LogP contribution < -0.4 is 4.90 Å². The molecule has 1 aromatic rings. The first kappa shape index (κ1) is 16.0. The fraction of sp³-hybridized carbons (Fsp3) is 0.579. The molecule has 0 saturated heterocycles. The quantitative estimate of drug-likeness (QED) is 0.755. The van der Waals surface area contributed by atoms with E-state index in [1.807, 2.05) is 27.0 Å². The van der Waals surface area contributed by atoms with Gasteiger partial charge in [-0.15, -0.1) is 0 Å². The van der Waals surface area contributed by atoms with E-state index in [2.05, 4.69) is 31.0 Å². The third-order valence-electron chi connectivity index (χ3n) is 4.44. The van der Waals surface area contributed by atoms with E-state index in [9.17, 15) is 4.79 Å². The van der Waals surface area contributed by atoms with Crippen molar-refractivity contribution in [3.05, 3.63) is 29.6 Å². The van der Waals surface area contributed by atoms with Crippen LogP contribution >= 0.6 is 0 Å².